The Balaban J connectivity index is 1.53. The molecule has 8 heteroatoms. The van der Waals surface area contributed by atoms with Crippen molar-refractivity contribution >= 4 is 34.5 Å². The van der Waals surface area contributed by atoms with E-state index in [1.165, 1.54) is 17.8 Å². The van der Waals surface area contributed by atoms with Crippen molar-refractivity contribution in [1.29, 1.82) is 0 Å². The van der Waals surface area contributed by atoms with E-state index in [0.717, 1.165) is 40.0 Å². The smallest absolute Gasteiger partial charge is 0.242 e. The van der Waals surface area contributed by atoms with Gasteiger partial charge in [0.05, 0.1) is 12.5 Å². The number of halogens is 1. The zero-order valence-corrected chi connectivity index (χ0v) is 23.6. The van der Waals surface area contributed by atoms with Crippen LogP contribution < -0.4 is 5.32 Å². The van der Waals surface area contributed by atoms with Gasteiger partial charge in [-0.15, -0.1) is 11.8 Å². The highest BCUT2D eigenvalue weighted by Gasteiger charge is 2.59. The fourth-order valence-corrected chi connectivity index (χ4v) is 7.49. The van der Waals surface area contributed by atoms with Gasteiger partial charge in [0, 0.05) is 60.3 Å². The molecular weight excluding hydrogens is 523 g/mol. The Bertz CT molecular complexity index is 1570. The van der Waals surface area contributed by atoms with Crippen molar-refractivity contribution in [2.75, 3.05) is 26.2 Å². The molecule has 0 unspecified atom stereocenters. The van der Waals surface area contributed by atoms with Crippen molar-refractivity contribution in [3.05, 3.63) is 101 Å². The zero-order chi connectivity index (χ0) is 27.9. The third-order valence-corrected chi connectivity index (χ3v) is 9.46. The molecule has 2 aliphatic rings. The molecule has 3 aromatic carbocycles. The van der Waals surface area contributed by atoms with Crippen molar-refractivity contribution in [1.82, 2.24) is 20.1 Å². The third-order valence-electron chi connectivity index (χ3n) is 8.05. The molecule has 40 heavy (non-hydrogen) atoms. The number of hydrogen-bond donors (Lipinski definition) is 2. The number of aryl methyl sites for hydroxylation is 2. The normalized spacial score (nSPS) is 21.4. The van der Waals surface area contributed by atoms with Gasteiger partial charge < -0.3 is 20.1 Å². The van der Waals surface area contributed by atoms with E-state index in [0.29, 0.717) is 24.2 Å². The second kappa shape index (κ2) is 10.7. The van der Waals surface area contributed by atoms with E-state index in [1.807, 2.05) is 54.4 Å². The largest absolute Gasteiger partial charge is 0.361 e. The van der Waals surface area contributed by atoms with Crippen LogP contribution in [-0.2, 0) is 16.1 Å². The number of piperazine rings is 1. The van der Waals surface area contributed by atoms with E-state index >= 15 is 0 Å². The van der Waals surface area contributed by atoms with Gasteiger partial charge >= 0.3 is 0 Å². The standard InChI is InChI=1S/C32H33FN4O2S/c1-21-8-11-25-26(19-35-28(25)16-21)30-32(40-24-6-4-3-5-7-24,31(39)36-14-12-34-13-15-36)18-29(38)37(30)20-23-10-9-22(2)27(33)17-23/h3-11,16-17,19,30,34-35H,12-15,18,20H2,1-2H3/t30-,32-/m0/s1. The molecule has 0 radical (unpaired) electrons. The van der Waals surface area contributed by atoms with E-state index in [-0.39, 0.29) is 30.6 Å². The minimum absolute atomic E-state index is 0.0275. The molecule has 4 aromatic rings. The molecule has 206 valence electrons. The maximum Gasteiger partial charge on any atom is 0.242 e. The number of amides is 2. The first kappa shape index (κ1) is 26.6. The Morgan fingerprint density at radius 1 is 1.05 bits per heavy atom. The first-order valence-electron chi connectivity index (χ1n) is 13.7. The zero-order valence-electron chi connectivity index (χ0n) is 22.7. The summed E-state index contributed by atoms with van der Waals surface area (Å²) in [5, 5.41) is 4.31. The summed E-state index contributed by atoms with van der Waals surface area (Å²) in [4.78, 5) is 36.8. The Labute approximate surface area is 237 Å². The average molecular weight is 557 g/mol. The van der Waals surface area contributed by atoms with Gasteiger partial charge in [-0.05, 0) is 54.8 Å². The first-order chi connectivity index (χ1) is 19.4. The van der Waals surface area contributed by atoms with Crippen LogP contribution in [0.2, 0.25) is 0 Å². The summed E-state index contributed by atoms with van der Waals surface area (Å²) in [6.07, 6.45) is 2.01. The number of nitrogens with zero attached hydrogens (tertiary/aromatic N) is 2. The molecule has 0 saturated carbocycles. The van der Waals surface area contributed by atoms with Crippen LogP contribution in [0.15, 0.2) is 77.8 Å². The van der Waals surface area contributed by atoms with Crippen LogP contribution in [-0.4, -0.2) is 57.5 Å². The Kier molecular flexibility index (Phi) is 7.15. The number of aromatic amines is 1. The Morgan fingerprint density at radius 2 is 1.82 bits per heavy atom. The maximum absolute atomic E-state index is 14.7. The number of rotatable bonds is 6. The molecule has 2 saturated heterocycles. The van der Waals surface area contributed by atoms with Crippen molar-refractivity contribution in [3.63, 3.8) is 0 Å². The lowest BCUT2D eigenvalue weighted by molar-refractivity contribution is -0.135. The van der Waals surface area contributed by atoms with E-state index < -0.39 is 10.8 Å². The first-order valence-corrected chi connectivity index (χ1v) is 14.5. The maximum atomic E-state index is 14.7. The Hall–Kier alpha value is -3.62. The van der Waals surface area contributed by atoms with Crippen LogP contribution in [0.5, 0.6) is 0 Å². The second-order valence-corrected chi connectivity index (χ2v) is 12.2. The molecule has 1 aromatic heterocycles. The number of nitrogens with one attached hydrogen (secondary N) is 2. The predicted octanol–water partition coefficient (Wildman–Crippen LogP) is 5.36. The van der Waals surface area contributed by atoms with Gasteiger partial charge in [0.1, 0.15) is 10.6 Å². The lowest BCUT2D eigenvalue weighted by Crippen LogP contribution is -2.55. The van der Waals surface area contributed by atoms with E-state index in [2.05, 4.69) is 28.5 Å². The summed E-state index contributed by atoms with van der Waals surface area (Å²) < 4.78 is 13.5. The molecule has 2 fully saturated rings. The second-order valence-electron chi connectivity index (χ2n) is 10.8. The highest BCUT2D eigenvalue weighted by atomic mass is 32.2. The monoisotopic (exact) mass is 556 g/mol. The van der Waals surface area contributed by atoms with Crippen LogP contribution in [0.1, 0.15) is 34.7 Å². The molecule has 2 atom stereocenters. The van der Waals surface area contributed by atoms with E-state index in [4.69, 9.17) is 0 Å². The number of H-pyrrole nitrogens is 1. The summed E-state index contributed by atoms with van der Waals surface area (Å²) in [5.74, 6) is -0.440. The highest BCUT2D eigenvalue weighted by Crippen LogP contribution is 2.55. The minimum atomic E-state index is -1.10. The topological polar surface area (TPSA) is 68.4 Å². The van der Waals surface area contributed by atoms with Gasteiger partial charge in [-0.1, -0.05) is 42.5 Å². The number of aromatic nitrogens is 1. The number of carbonyl (C=O) groups is 2. The summed E-state index contributed by atoms with van der Waals surface area (Å²) >= 11 is 1.48. The number of benzene rings is 3. The number of likely N-dealkylation sites (tertiary alicyclic amines) is 1. The third kappa shape index (κ3) is 4.80. The van der Waals surface area contributed by atoms with Gasteiger partial charge in [0.2, 0.25) is 11.8 Å². The lowest BCUT2D eigenvalue weighted by Gasteiger charge is -2.40. The summed E-state index contributed by atoms with van der Waals surface area (Å²) in [6, 6.07) is 20.6. The summed E-state index contributed by atoms with van der Waals surface area (Å²) in [6.45, 7) is 6.60. The molecule has 2 N–H and O–H groups in total. The molecule has 2 aliphatic heterocycles. The highest BCUT2D eigenvalue weighted by molar-refractivity contribution is 8.01. The fourth-order valence-electron chi connectivity index (χ4n) is 6.00. The average Bonchev–Trinajstić information content (AvgIpc) is 3.48. The quantitative estimate of drug-likeness (QED) is 0.336. The number of thioether (sulfide) groups is 1. The molecule has 2 amide bonds. The van der Waals surface area contributed by atoms with Crippen LogP contribution in [0.3, 0.4) is 0 Å². The van der Waals surface area contributed by atoms with E-state index in [1.54, 1.807) is 17.9 Å². The van der Waals surface area contributed by atoms with Crippen LogP contribution in [0.4, 0.5) is 4.39 Å². The Morgan fingerprint density at radius 3 is 2.58 bits per heavy atom. The fraction of sp³-hybridized carbons (Fsp3) is 0.312. The van der Waals surface area contributed by atoms with Crippen molar-refractivity contribution < 1.29 is 14.0 Å². The molecule has 6 rings (SSSR count). The lowest BCUT2D eigenvalue weighted by atomic mass is 9.90. The molecule has 0 bridgehead atoms. The summed E-state index contributed by atoms with van der Waals surface area (Å²) in [5.41, 5.74) is 4.25. The molecule has 0 aliphatic carbocycles. The van der Waals surface area contributed by atoms with E-state index in [9.17, 15) is 14.0 Å². The van der Waals surface area contributed by atoms with Gasteiger partial charge in [-0.3, -0.25) is 9.59 Å². The van der Waals surface area contributed by atoms with Crippen molar-refractivity contribution in [2.24, 2.45) is 0 Å². The van der Waals surface area contributed by atoms with Crippen LogP contribution in [0, 0.1) is 19.7 Å². The number of fused-ring (bicyclic) bond motifs is 1. The van der Waals surface area contributed by atoms with Gasteiger partial charge in [-0.25, -0.2) is 4.39 Å². The van der Waals surface area contributed by atoms with Crippen LogP contribution >= 0.6 is 11.8 Å². The summed E-state index contributed by atoms with van der Waals surface area (Å²) in [7, 11) is 0. The van der Waals surface area contributed by atoms with Gasteiger partial charge in [0.25, 0.3) is 0 Å². The molecular formula is C32H33FN4O2S. The number of carbonyl (C=O) groups excluding carboxylic acids is 2. The van der Waals surface area contributed by atoms with Gasteiger partial charge in [-0.2, -0.15) is 0 Å². The minimum Gasteiger partial charge on any atom is -0.361 e. The molecule has 3 heterocycles. The molecule has 0 spiro atoms. The van der Waals surface area contributed by atoms with Crippen LogP contribution in [0.25, 0.3) is 10.9 Å². The van der Waals surface area contributed by atoms with Crippen molar-refractivity contribution in [3.8, 4) is 0 Å². The van der Waals surface area contributed by atoms with Crippen molar-refractivity contribution in [2.45, 2.75) is 42.5 Å². The SMILES string of the molecule is Cc1ccc2c([C@@H]3N(Cc4ccc(C)c(F)c4)C(=O)C[C@@]3(Sc3ccccc3)C(=O)N3CCNCC3)c[nH]c2c1. The van der Waals surface area contributed by atoms with Gasteiger partial charge in [0.15, 0.2) is 0 Å². The predicted molar refractivity (Wildman–Crippen MR) is 157 cm³/mol. The molecule has 6 nitrogen and oxygen atoms in total. The number of hydrogen-bond acceptors (Lipinski definition) is 4.